The van der Waals surface area contributed by atoms with E-state index >= 15 is 0 Å². The van der Waals surface area contributed by atoms with E-state index in [1.54, 1.807) is 26.0 Å². The quantitative estimate of drug-likeness (QED) is 0.586. The van der Waals surface area contributed by atoms with Crippen molar-refractivity contribution in [3.63, 3.8) is 0 Å². The van der Waals surface area contributed by atoms with E-state index in [2.05, 4.69) is 15.4 Å². The second-order valence-corrected chi connectivity index (χ2v) is 6.77. The van der Waals surface area contributed by atoms with Gasteiger partial charge in [0.25, 0.3) is 5.91 Å². The topological polar surface area (TPSA) is 111 Å². The lowest BCUT2D eigenvalue weighted by Gasteiger charge is -2.05. The summed E-state index contributed by atoms with van der Waals surface area (Å²) in [5.41, 5.74) is 1.97. The predicted octanol–water partition coefficient (Wildman–Crippen LogP) is 2.91. The van der Waals surface area contributed by atoms with Crippen molar-refractivity contribution in [1.29, 1.82) is 0 Å². The van der Waals surface area contributed by atoms with E-state index in [-0.39, 0.29) is 22.0 Å². The number of amides is 2. The predicted molar refractivity (Wildman–Crippen MR) is 105 cm³/mol. The van der Waals surface area contributed by atoms with Crippen LogP contribution in [0.15, 0.2) is 24.3 Å². The van der Waals surface area contributed by atoms with Crippen molar-refractivity contribution in [1.82, 2.24) is 0 Å². The highest BCUT2D eigenvalue weighted by Gasteiger charge is 2.28. The largest absolute Gasteiger partial charge is 0.465 e. The molecule has 0 atom stereocenters. The van der Waals surface area contributed by atoms with Crippen LogP contribution in [0.3, 0.4) is 0 Å². The third-order valence-corrected chi connectivity index (χ3v) is 4.95. The third-order valence-electron chi connectivity index (χ3n) is 3.74. The molecule has 0 saturated carbocycles. The second-order valence-electron chi connectivity index (χ2n) is 5.75. The molecule has 2 rings (SSSR count). The Kier molecular flexibility index (Phi) is 6.89. The molecule has 1 aromatic heterocycles. The van der Waals surface area contributed by atoms with Crippen molar-refractivity contribution in [3.8, 4) is 0 Å². The van der Waals surface area contributed by atoms with Crippen LogP contribution >= 0.6 is 11.3 Å². The SMILES string of the molecule is CCOC(=O)C(=O)Nc1sc(C(=O)Nc2ccc(C)cc2)c(C)c1C(=O)OC. The van der Waals surface area contributed by atoms with Crippen LogP contribution in [0.4, 0.5) is 10.7 Å². The van der Waals surface area contributed by atoms with Crippen molar-refractivity contribution in [3.05, 3.63) is 45.8 Å². The van der Waals surface area contributed by atoms with Crippen molar-refractivity contribution in [2.24, 2.45) is 0 Å². The summed E-state index contributed by atoms with van der Waals surface area (Å²) in [5, 5.41) is 5.10. The first-order chi connectivity index (χ1) is 13.3. The number of hydrogen-bond donors (Lipinski definition) is 2. The van der Waals surface area contributed by atoms with Gasteiger partial charge in [-0.2, -0.15) is 0 Å². The maximum atomic E-state index is 12.7. The van der Waals surface area contributed by atoms with Crippen molar-refractivity contribution >= 4 is 45.8 Å². The molecule has 0 aliphatic heterocycles. The van der Waals surface area contributed by atoms with Gasteiger partial charge in [-0.15, -0.1) is 11.3 Å². The van der Waals surface area contributed by atoms with Crippen molar-refractivity contribution in [2.75, 3.05) is 24.4 Å². The molecule has 148 valence electrons. The number of esters is 2. The monoisotopic (exact) mass is 404 g/mol. The van der Waals surface area contributed by atoms with Crippen LogP contribution in [0, 0.1) is 13.8 Å². The Bertz CT molecular complexity index is 917. The fraction of sp³-hybridized carbons (Fsp3) is 0.263. The molecule has 0 saturated heterocycles. The number of ether oxygens (including phenoxy) is 2. The van der Waals surface area contributed by atoms with Crippen molar-refractivity contribution in [2.45, 2.75) is 20.8 Å². The van der Waals surface area contributed by atoms with E-state index in [9.17, 15) is 19.2 Å². The van der Waals surface area contributed by atoms with Gasteiger partial charge in [-0.05, 0) is 38.5 Å². The van der Waals surface area contributed by atoms with Gasteiger partial charge in [0.05, 0.1) is 24.2 Å². The molecular formula is C19H20N2O6S. The molecule has 1 aromatic carbocycles. The van der Waals surface area contributed by atoms with Crippen LogP contribution in [0.2, 0.25) is 0 Å². The molecule has 0 aliphatic rings. The van der Waals surface area contributed by atoms with Crippen LogP contribution in [0.1, 0.15) is 38.1 Å². The lowest BCUT2D eigenvalue weighted by molar-refractivity contribution is -0.152. The summed E-state index contributed by atoms with van der Waals surface area (Å²) < 4.78 is 9.37. The van der Waals surface area contributed by atoms with E-state index in [1.807, 2.05) is 19.1 Å². The van der Waals surface area contributed by atoms with Gasteiger partial charge < -0.3 is 20.1 Å². The molecule has 8 nitrogen and oxygen atoms in total. The van der Waals surface area contributed by atoms with Gasteiger partial charge in [-0.25, -0.2) is 9.59 Å². The van der Waals surface area contributed by atoms with Gasteiger partial charge in [0, 0.05) is 5.69 Å². The molecule has 0 radical (unpaired) electrons. The van der Waals surface area contributed by atoms with Gasteiger partial charge in [-0.3, -0.25) is 9.59 Å². The van der Waals surface area contributed by atoms with Gasteiger partial charge in [0.1, 0.15) is 5.00 Å². The molecule has 2 amide bonds. The highest BCUT2D eigenvalue weighted by Crippen LogP contribution is 2.34. The highest BCUT2D eigenvalue weighted by molar-refractivity contribution is 7.19. The molecule has 28 heavy (non-hydrogen) atoms. The van der Waals surface area contributed by atoms with E-state index in [0.717, 1.165) is 16.9 Å². The molecule has 9 heteroatoms. The third kappa shape index (κ3) is 4.74. The summed E-state index contributed by atoms with van der Waals surface area (Å²) in [5.74, 6) is -3.32. The van der Waals surface area contributed by atoms with E-state index in [4.69, 9.17) is 4.74 Å². The van der Waals surface area contributed by atoms with E-state index in [1.165, 1.54) is 7.11 Å². The molecule has 0 aliphatic carbocycles. The molecular weight excluding hydrogens is 384 g/mol. The molecule has 0 fully saturated rings. The number of methoxy groups -OCH3 is 1. The zero-order valence-corrected chi connectivity index (χ0v) is 16.7. The minimum absolute atomic E-state index is 0.0132. The summed E-state index contributed by atoms with van der Waals surface area (Å²) in [7, 11) is 1.18. The van der Waals surface area contributed by atoms with Crippen LogP contribution in [0.25, 0.3) is 0 Å². The molecule has 2 aromatic rings. The maximum absolute atomic E-state index is 12.7. The van der Waals surface area contributed by atoms with E-state index in [0.29, 0.717) is 11.3 Å². The maximum Gasteiger partial charge on any atom is 0.397 e. The summed E-state index contributed by atoms with van der Waals surface area (Å²) in [6, 6.07) is 7.20. The number of benzene rings is 1. The van der Waals surface area contributed by atoms with Crippen LogP contribution in [-0.4, -0.2) is 37.5 Å². The number of hydrogen-bond acceptors (Lipinski definition) is 7. The smallest absolute Gasteiger partial charge is 0.397 e. The zero-order chi connectivity index (χ0) is 20.8. The number of carbonyl (C=O) groups is 4. The van der Waals surface area contributed by atoms with Crippen LogP contribution in [0.5, 0.6) is 0 Å². The molecule has 1 heterocycles. The second kappa shape index (κ2) is 9.14. The molecule has 0 bridgehead atoms. The lowest BCUT2D eigenvalue weighted by atomic mass is 10.1. The fourth-order valence-electron chi connectivity index (χ4n) is 2.34. The Labute approximate surface area is 165 Å². The Hall–Kier alpha value is -3.20. The summed E-state index contributed by atoms with van der Waals surface area (Å²) in [4.78, 5) is 48.5. The van der Waals surface area contributed by atoms with Gasteiger partial charge in [0.15, 0.2) is 0 Å². The Morgan fingerprint density at radius 1 is 1.04 bits per heavy atom. The first-order valence-electron chi connectivity index (χ1n) is 8.36. The number of aryl methyl sites for hydroxylation is 1. The summed E-state index contributed by atoms with van der Waals surface area (Å²) in [6.45, 7) is 5.08. The van der Waals surface area contributed by atoms with Crippen LogP contribution in [-0.2, 0) is 19.1 Å². The minimum atomic E-state index is -1.09. The standard InChI is InChI=1S/C19H20N2O6S/c1-5-27-19(25)16(23)21-17-13(18(24)26-4)11(3)14(28-17)15(22)20-12-8-6-10(2)7-9-12/h6-9H,5H2,1-4H3,(H,20,22)(H,21,23). The lowest BCUT2D eigenvalue weighted by Crippen LogP contribution is -2.25. The van der Waals surface area contributed by atoms with Gasteiger partial charge >= 0.3 is 17.8 Å². The number of rotatable bonds is 5. The first kappa shape index (κ1) is 21.1. The molecule has 0 unspecified atom stereocenters. The zero-order valence-electron chi connectivity index (χ0n) is 15.9. The molecule has 2 N–H and O–H groups in total. The average molecular weight is 404 g/mol. The summed E-state index contributed by atoms with van der Waals surface area (Å²) in [6.07, 6.45) is 0. The van der Waals surface area contributed by atoms with Crippen LogP contribution < -0.4 is 10.6 Å². The normalized spacial score (nSPS) is 10.1. The number of anilines is 2. The Morgan fingerprint density at radius 2 is 1.68 bits per heavy atom. The highest BCUT2D eigenvalue weighted by atomic mass is 32.1. The Morgan fingerprint density at radius 3 is 2.25 bits per heavy atom. The van der Waals surface area contributed by atoms with Gasteiger partial charge in [-0.1, -0.05) is 17.7 Å². The number of nitrogens with one attached hydrogen (secondary N) is 2. The Balaban J connectivity index is 2.34. The first-order valence-corrected chi connectivity index (χ1v) is 9.17. The minimum Gasteiger partial charge on any atom is -0.465 e. The van der Waals surface area contributed by atoms with E-state index < -0.39 is 23.8 Å². The number of carbonyl (C=O) groups excluding carboxylic acids is 4. The van der Waals surface area contributed by atoms with Crippen molar-refractivity contribution < 1.29 is 28.7 Å². The fourth-order valence-corrected chi connectivity index (χ4v) is 3.43. The molecule has 0 spiro atoms. The number of thiophene rings is 1. The summed E-state index contributed by atoms with van der Waals surface area (Å²) >= 11 is 0.872. The average Bonchev–Trinajstić information content (AvgIpc) is 2.99. The van der Waals surface area contributed by atoms with Gasteiger partial charge in [0.2, 0.25) is 0 Å².